The third kappa shape index (κ3) is 4.06. The van der Waals surface area contributed by atoms with Crippen LogP contribution in [0.5, 0.6) is 5.75 Å². The highest BCUT2D eigenvalue weighted by Gasteiger charge is 2.19. The zero-order valence-corrected chi connectivity index (χ0v) is 11.9. The zero-order valence-electron chi connectivity index (χ0n) is 11.9. The quantitative estimate of drug-likeness (QED) is 0.642. The van der Waals surface area contributed by atoms with Gasteiger partial charge in [-0.05, 0) is 30.5 Å². The van der Waals surface area contributed by atoms with Crippen molar-refractivity contribution in [2.45, 2.75) is 31.8 Å². The van der Waals surface area contributed by atoms with Crippen LogP contribution in [0.1, 0.15) is 30.8 Å². The van der Waals surface area contributed by atoms with Crippen LogP contribution in [-0.4, -0.2) is 27.0 Å². The van der Waals surface area contributed by atoms with Crippen LogP contribution in [0.15, 0.2) is 36.7 Å². The second-order valence-electron chi connectivity index (χ2n) is 4.92. The van der Waals surface area contributed by atoms with Gasteiger partial charge in [0.1, 0.15) is 11.6 Å². The Morgan fingerprint density at radius 1 is 1.43 bits per heavy atom. The first-order valence-corrected chi connectivity index (χ1v) is 6.93. The SMILES string of the molecule is CCC(NC(=O)[C@@H](N)Cc1ccc(O)cc1)c1ncc[nH]1. The molecule has 1 aromatic carbocycles. The Morgan fingerprint density at radius 2 is 2.14 bits per heavy atom. The van der Waals surface area contributed by atoms with Gasteiger partial charge < -0.3 is 21.1 Å². The number of hydrogen-bond donors (Lipinski definition) is 4. The summed E-state index contributed by atoms with van der Waals surface area (Å²) in [6.45, 7) is 1.97. The Labute approximate surface area is 123 Å². The molecular formula is C15H20N4O2. The summed E-state index contributed by atoms with van der Waals surface area (Å²) in [6.07, 6.45) is 4.52. The molecule has 1 unspecified atom stereocenters. The lowest BCUT2D eigenvalue weighted by Crippen LogP contribution is -2.43. The molecule has 2 aromatic rings. The minimum Gasteiger partial charge on any atom is -0.508 e. The molecule has 0 bridgehead atoms. The number of phenolic OH excluding ortho intramolecular Hbond substituents is 1. The summed E-state index contributed by atoms with van der Waals surface area (Å²) >= 11 is 0. The van der Waals surface area contributed by atoms with E-state index in [1.165, 1.54) is 0 Å². The fraction of sp³-hybridized carbons (Fsp3) is 0.333. The van der Waals surface area contributed by atoms with Gasteiger partial charge in [0.15, 0.2) is 0 Å². The van der Waals surface area contributed by atoms with Crippen LogP contribution in [0.2, 0.25) is 0 Å². The van der Waals surface area contributed by atoms with Gasteiger partial charge in [-0.1, -0.05) is 19.1 Å². The maximum absolute atomic E-state index is 12.2. The Morgan fingerprint density at radius 3 is 2.71 bits per heavy atom. The standard InChI is InChI=1S/C15H20N4O2/c1-2-13(14-17-7-8-18-14)19-15(21)12(16)9-10-3-5-11(20)6-4-10/h3-8,12-13,20H,2,9,16H2,1H3,(H,17,18)(H,19,21)/t12-,13?/m0/s1. The maximum Gasteiger partial charge on any atom is 0.237 e. The van der Waals surface area contributed by atoms with E-state index in [1.54, 1.807) is 36.7 Å². The van der Waals surface area contributed by atoms with E-state index in [2.05, 4.69) is 15.3 Å². The van der Waals surface area contributed by atoms with Crippen LogP contribution in [0.3, 0.4) is 0 Å². The third-order valence-corrected chi connectivity index (χ3v) is 3.30. The molecule has 0 aliphatic rings. The number of amides is 1. The molecular weight excluding hydrogens is 268 g/mol. The van der Waals surface area contributed by atoms with Crippen LogP contribution >= 0.6 is 0 Å². The number of nitrogens with two attached hydrogens (primary N) is 1. The van der Waals surface area contributed by atoms with Crippen LogP contribution in [0.25, 0.3) is 0 Å². The van der Waals surface area contributed by atoms with Gasteiger partial charge in [-0.3, -0.25) is 4.79 Å². The van der Waals surface area contributed by atoms with Crippen molar-refractivity contribution in [3.8, 4) is 5.75 Å². The Kier molecular flexibility index (Phi) is 4.94. The molecule has 21 heavy (non-hydrogen) atoms. The maximum atomic E-state index is 12.2. The van der Waals surface area contributed by atoms with Crippen molar-refractivity contribution in [1.29, 1.82) is 0 Å². The highest BCUT2D eigenvalue weighted by atomic mass is 16.3. The van der Waals surface area contributed by atoms with E-state index in [0.29, 0.717) is 6.42 Å². The number of aromatic amines is 1. The molecule has 0 radical (unpaired) electrons. The second-order valence-corrected chi connectivity index (χ2v) is 4.92. The summed E-state index contributed by atoms with van der Waals surface area (Å²) in [4.78, 5) is 19.3. The van der Waals surface area contributed by atoms with E-state index in [-0.39, 0.29) is 17.7 Å². The lowest BCUT2D eigenvalue weighted by molar-refractivity contribution is -0.123. The van der Waals surface area contributed by atoms with Crippen molar-refractivity contribution in [3.63, 3.8) is 0 Å². The minimum absolute atomic E-state index is 0.168. The van der Waals surface area contributed by atoms with Crippen molar-refractivity contribution in [2.24, 2.45) is 5.73 Å². The molecule has 0 aliphatic carbocycles. The average molecular weight is 288 g/mol. The van der Waals surface area contributed by atoms with Crippen molar-refractivity contribution in [2.75, 3.05) is 0 Å². The van der Waals surface area contributed by atoms with Gasteiger partial charge >= 0.3 is 0 Å². The van der Waals surface area contributed by atoms with E-state index < -0.39 is 6.04 Å². The Bertz CT molecular complexity index is 566. The molecule has 6 nitrogen and oxygen atoms in total. The molecule has 0 spiro atoms. The summed E-state index contributed by atoms with van der Waals surface area (Å²) in [6, 6.07) is 5.87. The van der Waals surface area contributed by atoms with Crippen molar-refractivity contribution in [1.82, 2.24) is 15.3 Å². The number of rotatable bonds is 6. The van der Waals surface area contributed by atoms with Gasteiger partial charge in [0.2, 0.25) is 5.91 Å². The average Bonchev–Trinajstić information content (AvgIpc) is 3.01. The van der Waals surface area contributed by atoms with Crippen molar-refractivity contribution >= 4 is 5.91 Å². The smallest absolute Gasteiger partial charge is 0.237 e. The molecule has 2 atom stereocenters. The first-order chi connectivity index (χ1) is 10.1. The van der Waals surface area contributed by atoms with Gasteiger partial charge in [-0.2, -0.15) is 0 Å². The predicted molar refractivity (Wildman–Crippen MR) is 79.5 cm³/mol. The van der Waals surface area contributed by atoms with Crippen LogP contribution < -0.4 is 11.1 Å². The van der Waals surface area contributed by atoms with E-state index >= 15 is 0 Å². The lowest BCUT2D eigenvalue weighted by atomic mass is 10.1. The van der Waals surface area contributed by atoms with Gasteiger partial charge in [-0.25, -0.2) is 4.98 Å². The molecule has 1 aromatic heterocycles. The highest BCUT2D eigenvalue weighted by molar-refractivity contribution is 5.82. The van der Waals surface area contributed by atoms with Crippen molar-refractivity contribution in [3.05, 3.63) is 48.0 Å². The summed E-state index contributed by atoms with van der Waals surface area (Å²) in [5.74, 6) is 0.703. The fourth-order valence-corrected chi connectivity index (χ4v) is 2.09. The molecule has 112 valence electrons. The third-order valence-electron chi connectivity index (χ3n) is 3.30. The van der Waals surface area contributed by atoms with E-state index in [4.69, 9.17) is 5.73 Å². The largest absolute Gasteiger partial charge is 0.508 e. The number of imidazole rings is 1. The summed E-state index contributed by atoms with van der Waals surface area (Å²) in [5, 5.41) is 12.1. The normalized spacial score (nSPS) is 13.6. The minimum atomic E-state index is -0.640. The molecule has 0 fully saturated rings. The Hall–Kier alpha value is -2.34. The van der Waals surface area contributed by atoms with Crippen LogP contribution in [0, 0.1) is 0 Å². The fourth-order valence-electron chi connectivity index (χ4n) is 2.09. The van der Waals surface area contributed by atoms with Gasteiger partial charge in [-0.15, -0.1) is 0 Å². The van der Waals surface area contributed by atoms with Gasteiger partial charge in [0.25, 0.3) is 0 Å². The number of carbonyl (C=O) groups is 1. The van der Waals surface area contributed by atoms with E-state index in [1.807, 2.05) is 6.92 Å². The first kappa shape index (κ1) is 15.1. The van der Waals surface area contributed by atoms with Gasteiger partial charge in [0.05, 0.1) is 12.1 Å². The number of phenols is 1. The van der Waals surface area contributed by atoms with Crippen LogP contribution in [-0.2, 0) is 11.2 Å². The lowest BCUT2D eigenvalue weighted by Gasteiger charge is -2.18. The number of carbonyl (C=O) groups excluding carboxylic acids is 1. The molecule has 6 heteroatoms. The number of nitrogens with zero attached hydrogens (tertiary/aromatic N) is 1. The number of hydrogen-bond acceptors (Lipinski definition) is 4. The van der Waals surface area contributed by atoms with E-state index in [9.17, 15) is 9.90 Å². The number of aromatic nitrogens is 2. The first-order valence-electron chi connectivity index (χ1n) is 6.93. The van der Waals surface area contributed by atoms with Gasteiger partial charge in [0, 0.05) is 12.4 Å². The Balaban J connectivity index is 1.94. The molecule has 1 amide bonds. The zero-order chi connectivity index (χ0) is 15.2. The highest BCUT2D eigenvalue weighted by Crippen LogP contribution is 2.13. The number of benzene rings is 1. The number of aromatic hydroxyl groups is 1. The topological polar surface area (TPSA) is 104 Å². The summed E-state index contributed by atoms with van der Waals surface area (Å²) in [5.41, 5.74) is 6.84. The monoisotopic (exact) mass is 288 g/mol. The molecule has 0 aliphatic heterocycles. The second kappa shape index (κ2) is 6.90. The summed E-state index contributed by atoms with van der Waals surface area (Å²) in [7, 11) is 0. The van der Waals surface area contributed by atoms with E-state index in [0.717, 1.165) is 17.8 Å². The molecule has 1 heterocycles. The molecule has 2 rings (SSSR count). The molecule has 5 N–H and O–H groups in total. The number of H-pyrrole nitrogens is 1. The molecule has 0 saturated heterocycles. The van der Waals surface area contributed by atoms with Crippen LogP contribution in [0.4, 0.5) is 0 Å². The van der Waals surface area contributed by atoms with Crippen molar-refractivity contribution < 1.29 is 9.90 Å². The predicted octanol–water partition coefficient (Wildman–Crippen LogP) is 1.25. The summed E-state index contributed by atoms with van der Waals surface area (Å²) < 4.78 is 0. The molecule has 0 saturated carbocycles. The number of nitrogens with one attached hydrogen (secondary N) is 2.